The molecular formula is C13H19BN2O3. The fraction of sp³-hybridized carbons (Fsp3) is 0.692. The van der Waals surface area contributed by atoms with Crippen LogP contribution in [0.15, 0.2) is 16.6 Å². The van der Waals surface area contributed by atoms with E-state index in [1.165, 1.54) is 0 Å². The third kappa shape index (κ3) is 1.94. The molecule has 1 unspecified atom stereocenters. The molecular weight excluding hydrogens is 243 g/mol. The van der Waals surface area contributed by atoms with Crippen LogP contribution in [0, 0.1) is 0 Å². The maximum atomic E-state index is 11.8. The van der Waals surface area contributed by atoms with E-state index in [9.17, 15) is 4.79 Å². The van der Waals surface area contributed by atoms with Gasteiger partial charge in [0.05, 0.1) is 22.9 Å². The van der Waals surface area contributed by atoms with Crippen molar-refractivity contribution in [3.8, 4) is 0 Å². The van der Waals surface area contributed by atoms with Crippen molar-refractivity contribution < 1.29 is 14.1 Å². The van der Waals surface area contributed by atoms with E-state index in [-0.39, 0.29) is 23.2 Å². The summed E-state index contributed by atoms with van der Waals surface area (Å²) in [6.07, 6.45) is 2.67. The second-order valence-electron chi connectivity index (χ2n) is 6.30. The number of carbonyl (C=O) groups is 1. The lowest BCUT2D eigenvalue weighted by Crippen LogP contribution is -2.41. The highest BCUT2D eigenvalue weighted by Gasteiger charge is 2.53. The van der Waals surface area contributed by atoms with E-state index in [1.807, 2.05) is 33.8 Å². The van der Waals surface area contributed by atoms with Crippen LogP contribution in [0.4, 0.5) is 0 Å². The zero-order valence-corrected chi connectivity index (χ0v) is 11.8. The predicted octanol–water partition coefficient (Wildman–Crippen LogP) is 0.887. The van der Waals surface area contributed by atoms with Crippen molar-refractivity contribution in [3.05, 3.63) is 11.6 Å². The highest BCUT2D eigenvalue weighted by molar-refractivity contribution is 6.85. The molecule has 3 aliphatic heterocycles. The Hall–Kier alpha value is -1.14. The second kappa shape index (κ2) is 3.93. The maximum Gasteiger partial charge on any atom is 0.514 e. The molecule has 0 aromatic carbocycles. The van der Waals surface area contributed by atoms with Gasteiger partial charge in [-0.15, -0.1) is 0 Å². The number of nitrogens with one attached hydrogen (secondary N) is 1. The van der Waals surface area contributed by atoms with Gasteiger partial charge in [-0.1, -0.05) is 0 Å². The van der Waals surface area contributed by atoms with E-state index < -0.39 is 7.12 Å². The molecule has 2 saturated heterocycles. The molecule has 3 rings (SSSR count). The molecule has 0 saturated carbocycles. The Balaban J connectivity index is 1.84. The molecule has 0 spiro atoms. The van der Waals surface area contributed by atoms with Crippen LogP contribution in [0.3, 0.4) is 0 Å². The third-order valence-electron chi connectivity index (χ3n) is 4.43. The van der Waals surface area contributed by atoms with Crippen molar-refractivity contribution in [2.75, 3.05) is 6.54 Å². The Kier molecular flexibility index (Phi) is 2.66. The van der Waals surface area contributed by atoms with Crippen LogP contribution < -0.4 is 5.32 Å². The maximum absolute atomic E-state index is 11.8. The number of allylic oxidation sites excluding steroid dienone is 1. The zero-order valence-electron chi connectivity index (χ0n) is 11.8. The first-order valence-electron chi connectivity index (χ1n) is 6.73. The van der Waals surface area contributed by atoms with E-state index >= 15 is 0 Å². The summed E-state index contributed by atoms with van der Waals surface area (Å²) in [6, 6.07) is -0.0252. The first kappa shape index (κ1) is 12.9. The summed E-state index contributed by atoms with van der Waals surface area (Å²) in [5.41, 5.74) is 0.704. The number of rotatable bonds is 1. The first-order valence-corrected chi connectivity index (χ1v) is 6.73. The molecule has 1 N–H and O–H groups in total. The van der Waals surface area contributed by atoms with Gasteiger partial charge in [-0.05, 0) is 40.2 Å². The Morgan fingerprint density at radius 2 is 1.95 bits per heavy atom. The van der Waals surface area contributed by atoms with Crippen molar-refractivity contribution in [1.82, 2.24) is 5.32 Å². The Morgan fingerprint density at radius 1 is 1.32 bits per heavy atom. The fourth-order valence-corrected chi connectivity index (χ4v) is 2.50. The molecule has 0 radical (unpaired) electrons. The summed E-state index contributed by atoms with van der Waals surface area (Å²) < 4.78 is 11.9. The summed E-state index contributed by atoms with van der Waals surface area (Å²) in [5.74, 6) is -0.0217. The van der Waals surface area contributed by atoms with Crippen LogP contribution in [-0.2, 0) is 14.1 Å². The molecule has 0 aromatic rings. The molecule has 0 aromatic heterocycles. The average Bonchev–Trinajstić information content (AvgIpc) is 2.80. The first-order chi connectivity index (χ1) is 8.80. The van der Waals surface area contributed by atoms with Gasteiger partial charge in [0.25, 0.3) is 0 Å². The van der Waals surface area contributed by atoms with Gasteiger partial charge in [-0.25, -0.2) is 0 Å². The standard InChI is InChI=1S/C13H19BN2O3/c1-12(2)13(3,4)19-14(18-12)10-7-8-9(16-10)5-6-15-11(8)17/h7,9H,5-6H2,1-4H3,(H,15,17). The highest BCUT2D eigenvalue weighted by atomic mass is 16.7. The van der Waals surface area contributed by atoms with Crippen molar-refractivity contribution >= 4 is 18.6 Å². The topological polar surface area (TPSA) is 59.9 Å². The van der Waals surface area contributed by atoms with Gasteiger partial charge < -0.3 is 14.6 Å². The van der Waals surface area contributed by atoms with Gasteiger partial charge in [0, 0.05) is 12.1 Å². The van der Waals surface area contributed by atoms with Crippen LogP contribution in [0.1, 0.15) is 34.1 Å². The Labute approximate surface area is 113 Å². The van der Waals surface area contributed by atoms with Crippen LogP contribution in [0.25, 0.3) is 0 Å². The molecule has 3 aliphatic rings. The van der Waals surface area contributed by atoms with Crippen molar-refractivity contribution in [3.63, 3.8) is 0 Å². The van der Waals surface area contributed by atoms with Crippen LogP contribution in [-0.4, -0.2) is 42.4 Å². The Morgan fingerprint density at radius 3 is 2.53 bits per heavy atom. The minimum Gasteiger partial charge on any atom is -0.398 e. The van der Waals surface area contributed by atoms with E-state index in [1.54, 1.807) is 0 Å². The summed E-state index contributed by atoms with van der Waals surface area (Å²) >= 11 is 0. The fourth-order valence-electron chi connectivity index (χ4n) is 2.50. The minimum absolute atomic E-state index is 0.0217. The molecule has 102 valence electrons. The lowest BCUT2D eigenvalue weighted by molar-refractivity contribution is -0.118. The number of fused-ring (bicyclic) bond motifs is 1. The number of hydrogen-bond donors (Lipinski definition) is 1. The number of aliphatic imine (C=N–C) groups is 1. The molecule has 1 atom stereocenters. The SMILES string of the molecule is CC1(C)OB(C2=NC3CCNC(=O)C3=C2)OC1(C)C. The predicted molar refractivity (Wildman–Crippen MR) is 73.0 cm³/mol. The summed E-state index contributed by atoms with van der Waals surface area (Å²) in [6.45, 7) is 8.72. The van der Waals surface area contributed by atoms with Gasteiger partial charge in [0.1, 0.15) is 0 Å². The molecule has 0 bridgehead atoms. The number of hydrogen-bond acceptors (Lipinski definition) is 4. The van der Waals surface area contributed by atoms with Crippen molar-refractivity contribution in [2.45, 2.75) is 51.4 Å². The lowest BCUT2D eigenvalue weighted by atomic mass is 9.82. The van der Waals surface area contributed by atoms with E-state index in [2.05, 4.69) is 10.3 Å². The summed E-state index contributed by atoms with van der Waals surface area (Å²) in [7, 11) is -0.476. The monoisotopic (exact) mass is 262 g/mol. The highest BCUT2D eigenvalue weighted by Crippen LogP contribution is 2.38. The van der Waals surface area contributed by atoms with Gasteiger partial charge >= 0.3 is 7.12 Å². The average molecular weight is 262 g/mol. The van der Waals surface area contributed by atoms with E-state index in [4.69, 9.17) is 9.31 Å². The van der Waals surface area contributed by atoms with E-state index in [0.29, 0.717) is 6.54 Å². The molecule has 6 heteroatoms. The normalized spacial score (nSPS) is 31.7. The molecule has 5 nitrogen and oxygen atoms in total. The molecule has 19 heavy (non-hydrogen) atoms. The minimum atomic E-state index is -0.476. The van der Waals surface area contributed by atoms with Gasteiger partial charge in [0.2, 0.25) is 5.91 Å². The van der Waals surface area contributed by atoms with Crippen LogP contribution in [0.2, 0.25) is 0 Å². The zero-order chi connectivity index (χ0) is 13.8. The smallest absolute Gasteiger partial charge is 0.398 e. The number of carbonyl (C=O) groups excluding carboxylic acids is 1. The van der Waals surface area contributed by atoms with Crippen molar-refractivity contribution in [2.24, 2.45) is 4.99 Å². The molecule has 1 amide bonds. The van der Waals surface area contributed by atoms with Crippen molar-refractivity contribution in [1.29, 1.82) is 0 Å². The summed E-state index contributed by atoms with van der Waals surface area (Å²) in [4.78, 5) is 16.3. The molecule has 2 fully saturated rings. The Bertz CT molecular complexity index is 480. The van der Waals surface area contributed by atoms with Crippen LogP contribution in [0.5, 0.6) is 0 Å². The third-order valence-corrected chi connectivity index (χ3v) is 4.43. The largest absolute Gasteiger partial charge is 0.514 e. The van der Waals surface area contributed by atoms with Gasteiger partial charge in [-0.2, -0.15) is 0 Å². The second-order valence-corrected chi connectivity index (χ2v) is 6.30. The molecule has 0 aliphatic carbocycles. The summed E-state index contributed by atoms with van der Waals surface area (Å²) in [5, 5.41) is 2.83. The number of amides is 1. The quantitative estimate of drug-likeness (QED) is 0.714. The number of piperidine rings is 1. The molecule has 3 heterocycles. The number of nitrogens with zero attached hydrogens (tertiary/aromatic N) is 1. The lowest BCUT2D eigenvalue weighted by Gasteiger charge is -2.32. The van der Waals surface area contributed by atoms with Gasteiger partial charge in [-0.3, -0.25) is 9.79 Å². The van der Waals surface area contributed by atoms with Crippen LogP contribution >= 0.6 is 0 Å². The van der Waals surface area contributed by atoms with E-state index in [0.717, 1.165) is 17.6 Å². The van der Waals surface area contributed by atoms with Gasteiger partial charge in [0.15, 0.2) is 0 Å².